The Kier molecular flexibility index (Phi) is 5.43. The van der Waals surface area contributed by atoms with Crippen LogP contribution in [0, 0.1) is 13.8 Å². The summed E-state index contributed by atoms with van der Waals surface area (Å²) in [5, 5.41) is 7.97. The number of rotatable bonds is 3. The van der Waals surface area contributed by atoms with Crippen LogP contribution >= 0.6 is 0 Å². The van der Waals surface area contributed by atoms with Crippen molar-refractivity contribution in [2.75, 3.05) is 18.4 Å². The van der Waals surface area contributed by atoms with Crippen LogP contribution in [-0.4, -0.2) is 42.4 Å². The summed E-state index contributed by atoms with van der Waals surface area (Å²) in [6.45, 7) is 4.87. The van der Waals surface area contributed by atoms with Crippen molar-refractivity contribution in [2.24, 2.45) is 5.14 Å². The molecule has 9 heteroatoms. The molecule has 0 atom stereocenters. The van der Waals surface area contributed by atoms with Crippen molar-refractivity contribution in [3.05, 3.63) is 47.5 Å². The second-order valence-corrected chi connectivity index (χ2v) is 8.30. The first-order valence-electron chi connectivity index (χ1n) is 8.73. The van der Waals surface area contributed by atoms with Crippen LogP contribution in [0.1, 0.15) is 35.8 Å². The van der Waals surface area contributed by atoms with E-state index < -0.39 is 10.0 Å². The fourth-order valence-electron chi connectivity index (χ4n) is 3.19. The maximum atomic E-state index is 12.6. The Balaban J connectivity index is 1.65. The van der Waals surface area contributed by atoms with Gasteiger partial charge in [0.25, 0.3) is 0 Å². The first kappa shape index (κ1) is 19.2. The van der Waals surface area contributed by atoms with E-state index in [1.165, 1.54) is 12.1 Å². The van der Waals surface area contributed by atoms with Crippen LogP contribution in [0.4, 0.5) is 10.5 Å². The van der Waals surface area contributed by atoms with E-state index >= 15 is 0 Å². The van der Waals surface area contributed by atoms with E-state index in [9.17, 15) is 13.2 Å². The lowest BCUT2D eigenvalue weighted by molar-refractivity contribution is 0.194. The lowest BCUT2D eigenvalue weighted by Gasteiger charge is -2.32. The molecule has 0 radical (unpaired) electrons. The van der Waals surface area contributed by atoms with Crippen LogP contribution in [0.25, 0.3) is 0 Å². The van der Waals surface area contributed by atoms with E-state index in [0.29, 0.717) is 24.7 Å². The Hall–Kier alpha value is -2.52. The van der Waals surface area contributed by atoms with Gasteiger partial charge >= 0.3 is 6.03 Å². The summed E-state index contributed by atoms with van der Waals surface area (Å²) >= 11 is 0. The van der Waals surface area contributed by atoms with Gasteiger partial charge in [-0.3, -0.25) is 0 Å². The largest absolute Gasteiger partial charge is 0.324 e. The van der Waals surface area contributed by atoms with Crippen LogP contribution in [0.5, 0.6) is 0 Å². The molecule has 0 bridgehead atoms. The fourth-order valence-corrected chi connectivity index (χ4v) is 3.73. The average molecular weight is 389 g/mol. The molecular weight excluding hydrogens is 366 g/mol. The molecule has 1 aromatic heterocycles. The summed E-state index contributed by atoms with van der Waals surface area (Å²) < 4.78 is 23.0. The molecule has 3 N–H and O–H groups in total. The van der Waals surface area contributed by atoms with Gasteiger partial charge in [-0.05, 0) is 50.5 Å². The molecule has 27 heavy (non-hydrogen) atoms. The lowest BCUT2D eigenvalue weighted by atomic mass is 9.93. The average Bonchev–Trinajstić information content (AvgIpc) is 2.62. The van der Waals surface area contributed by atoms with Crippen LogP contribution in [0.3, 0.4) is 0 Å². The van der Waals surface area contributed by atoms with Crippen LogP contribution in [0.2, 0.25) is 0 Å². The molecular formula is C18H23N5O3S. The van der Waals surface area contributed by atoms with Gasteiger partial charge in [0.1, 0.15) is 5.82 Å². The highest BCUT2D eigenvalue weighted by molar-refractivity contribution is 7.89. The zero-order chi connectivity index (χ0) is 19.6. The number of carbonyl (C=O) groups excluding carboxylic acids is 1. The molecule has 2 aromatic rings. The summed E-state index contributed by atoms with van der Waals surface area (Å²) in [6.07, 6.45) is 3.40. The smallest absolute Gasteiger partial charge is 0.321 e. The van der Waals surface area contributed by atoms with Gasteiger partial charge in [-0.25, -0.2) is 28.3 Å². The SMILES string of the molecule is Cc1nccc(C2CCN(C(=O)Nc3cc(S(N)(=O)=O)ccc3C)CC2)n1. The van der Waals surface area contributed by atoms with Crippen molar-refractivity contribution in [3.8, 4) is 0 Å². The number of aryl methyl sites for hydroxylation is 2. The van der Waals surface area contributed by atoms with Crippen molar-refractivity contribution in [3.63, 3.8) is 0 Å². The second-order valence-electron chi connectivity index (χ2n) is 6.74. The quantitative estimate of drug-likeness (QED) is 0.834. The molecule has 2 heterocycles. The Morgan fingerprint density at radius 2 is 1.93 bits per heavy atom. The Labute approximate surface area is 158 Å². The number of urea groups is 1. The number of nitrogens with two attached hydrogens (primary N) is 1. The number of anilines is 1. The number of nitrogens with zero attached hydrogens (tertiary/aromatic N) is 3. The number of nitrogens with one attached hydrogen (secondary N) is 1. The Morgan fingerprint density at radius 3 is 2.56 bits per heavy atom. The minimum Gasteiger partial charge on any atom is -0.324 e. The summed E-state index contributed by atoms with van der Waals surface area (Å²) in [5.41, 5.74) is 2.22. The zero-order valence-electron chi connectivity index (χ0n) is 15.3. The monoisotopic (exact) mass is 389 g/mol. The lowest BCUT2D eigenvalue weighted by Crippen LogP contribution is -2.40. The number of amides is 2. The predicted molar refractivity (Wildman–Crippen MR) is 102 cm³/mol. The third kappa shape index (κ3) is 4.61. The molecule has 0 saturated carbocycles. The van der Waals surface area contributed by atoms with E-state index in [4.69, 9.17) is 5.14 Å². The minimum atomic E-state index is -3.82. The van der Waals surface area contributed by atoms with Crippen LogP contribution < -0.4 is 10.5 Å². The molecule has 8 nitrogen and oxygen atoms in total. The number of hydrogen-bond acceptors (Lipinski definition) is 5. The molecule has 1 saturated heterocycles. The topological polar surface area (TPSA) is 118 Å². The molecule has 0 aliphatic carbocycles. The predicted octanol–water partition coefficient (Wildman–Crippen LogP) is 2.15. The maximum Gasteiger partial charge on any atom is 0.321 e. The molecule has 1 fully saturated rings. The second kappa shape index (κ2) is 7.61. The number of carbonyl (C=O) groups is 1. The van der Waals surface area contributed by atoms with Crippen molar-refractivity contribution in [2.45, 2.75) is 37.5 Å². The van der Waals surface area contributed by atoms with E-state index in [-0.39, 0.29) is 10.9 Å². The number of likely N-dealkylation sites (tertiary alicyclic amines) is 1. The van der Waals surface area contributed by atoms with Gasteiger partial charge in [0.05, 0.1) is 4.90 Å². The first-order chi connectivity index (χ1) is 12.7. The number of sulfonamides is 1. The normalized spacial score (nSPS) is 15.6. The van der Waals surface area contributed by atoms with Crippen molar-refractivity contribution < 1.29 is 13.2 Å². The van der Waals surface area contributed by atoms with Gasteiger partial charge in [0.2, 0.25) is 10.0 Å². The Bertz CT molecular complexity index is 953. The van der Waals surface area contributed by atoms with Crippen LogP contribution in [0.15, 0.2) is 35.4 Å². The minimum absolute atomic E-state index is 0.0266. The van der Waals surface area contributed by atoms with Gasteiger partial charge < -0.3 is 10.2 Å². The van der Waals surface area contributed by atoms with E-state index in [1.54, 1.807) is 24.1 Å². The molecule has 144 valence electrons. The molecule has 0 unspecified atom stereocenters. The van der Waals surface area contributed by atoms with Gasteiger partial charge in [-0.2, -0.15) is 0 Å². The number of hydrogen-bond donors (Lipinski definition) is 2. The molecule has 1 aliphatic heterocycles. The summed E-state index contributed by atoms with van der Waals surface area (Å²) in [6, 6.07) is 6.12. The molecule has 0 spiro atoms. The van der Waals surface area contributed by atoms with Crippen molar-refractivity contribution >= 4 is 21.7 Å². The highest BCUT2D eigenvalue weighted by atomic mass is 32.2. The Morgan fingerprint density at radius 1 is 1.22 bits per heavy atom. The van der Waals surface area contributed by atoms with E-state index in [2.05, 4.69) is 15.3 Å². The van der Waals surface area contributed by atoms with Crippen molar-refractivity contribution in [1.29, 1.82) is 0 Å². The zero-order valence-corrected chi connectivity index (χ0v) is 16.2. The van der Waals surface area contributed by atoms with Gasteiger partial charge in [0, 0.05) is 36.6 Å². The first-order valence-corrected chi connectivity index (χ1v) is 10.3. The number of benzene rings is 1. The summed E-state index contributed by atoms with van der Waals surface area (Å²) in [7, 11) is -3.82. The highest BCUT2D eigenvalue weighted by Crippen LogP contribution is 2.27. The standard InChI is InChI=1S/C18H23N5O3S/c1-12-3-4-15(27(19,25)26)11-17(12)22-18(24)23-9-6-14(7-10-23)16-5-8-20-13(2)21-16/h3-5,8,11,14H,6-7,9-10H2,1-2H3,(H,22,24)(H2,19,25,26). The van der Waals surface area contributed by atoms with Crippen molar-refractivity contribution in [1.82, 2.24) is 14.9 Å². The molecule has 2 amide bonds. The highest BCUT2D eigenvalue weighted by Gasteiger charge is 2.25. The van der Waals surface area contributed by atoms with Gasteiger partial charge in [-0.1, -0.05) is 6.07 Å². The summed E-state index contributed by atoms with van der Waals surface area (Å²) in [4.78, 5) is 22.9. The number of primary sulfonamides is 1. The van der Waals surface area contributed by atoms with E-state index in [1.807, 2.05) is 13.0 Å². The third-order valence-corrected chi connectivity index (χ3v) is 5.69. The molecule has 1 aromatic carbocycles. The molecule has 1 aliphatic rings. The van der Waals surface area contributed by atoms with E-state index in [0.717, 1.165) is 29.9 Å². The number of piperidine rings is 1. The number of aromatic nitrogens is 2. The summed E-state index contributed by atoms with van der Waals surface area (Å²) in [5.74, 6) is 1.06. The van der Waals surface area contributed by atoms with Crippen LogP contribution in [-0.2, 0) is 10.0 Å². The van der Waals surface area contributed by atoms with Gasteiger partial charge in [-0.15, -0.1) is 0 Å². The fraction of sp³-hybridized carbons (Fsp3) is 0.389. The maximum absolute atomic E-state index is 12.6. The molecule has 3 rings (SSSR count). The third-order valence-electron chi connectivity index (χ3n) is 4.78. The van der Waals surface area contributed by atoms with Gasteiger partial charge in [0.15, 0.2) is 0 Å².